The smallest absolute Gasteiger partial charge is 0.305 e. The Morgan fingerprint density at radius 2 is 2.11 bits per heavy atom. The van der Waals surface area contributed by atoms with Crippen LogP contribution in [0.1, 0.15) is 35.8 Å². The van der Waals surface area contributed by atoms with Crippen molar-refractivity contribution in [1.29, 1.82) is 0 Å². The monoisotopic (exact) mass is 474 g/mol. The molecule has 0 amide bonds. The molecule has 1 atom stereocenters. The lowest BCUT2D eigenvalue weighted by Gasteiger charge is -2.17. The first-order valence-corrected chi connectivity index (χ1v) is 11.5. The molecule has 0 spiro atoms. The number of hydrogen-bond acceptors (Lipinski definition) is 8. The maximum Gasteiger partial charge on any atom is 0.305 e. The second-order valence-corrected chi connectivity index (χ2v) is 8.35. The van der Waals surface area contributed by atoms with Gasteiger partial charge < -0.3 is 19.9 Å². The molecule has 10 heteroatoms. The van der Waals surface area contributed by atoms with Crippen molar-refractivity contribution >= 4 is 22.7 Å². The SMILES string of the molecule is COc1cncc(C(CC(=O)O)n2ncc3cc(OCCc4ccc5c(n4)NCCC5)ccc32)n1. The molecule has 1 aromatic carbocycles. The quantitative estimate of drug-likeness (QED) is 0.376. The summed E-state index contributed by atoms with van der Waals surface area (Å²) in [4.78, 5) is 24.8. The highest BCUT2D eigenvalue weighted by atomic mass is 16.5. The fraction of sp³-hybridized carbons (Fsp3) is 0.320. The molecule has 4 heterocycles. The van der Waals surface area contributed by atoms with Crippen LogP contribution >= 0.6 is 0 Å². The Balaban J connectivity index is 1.32. The summed E-state index contributed by atoms with van der Waals surface area (Å²) in [6, 6.07) is 9.20. The number of ether oxygens (including phenoxy) is 2. The first-order chi connectivity index (χ1) is 17.1. The van der Waals surface area contributed by atoms with Crippen molar-refractivity contribution in [2.24, 2.45) is 0 Å². The van der Waals surface area contributed by atoms with Gasteiger partial charge >= 0.3 is 5.97 Å². The number of benzene rings is 1. The predicted octanol–water partition coefficient (Wildman–Crippen LogP) is 3.27. The van der Waals surface area contributed by atoms with E-state index in [0.29, 0.717) is 30.4 Å². The minimum atomic E-state index is -0.964. The molecular weight excluding hydrogens is 448 g/mol. The topological polar surface area (TPSA) is 124 Å². The van der Waals surface area contributed by atoms with Crippen LogP contribution in [0.5, 0.6) is 11.6 Å². The van der Waals surface area contributed by atoms with Gasteiger partial charge in [0.25, 0.3) is 0 Å². The first kappa shape index (κ1) is 22.6. The Morgan fingerprint density at radius 1 is 1.20 bits per heavy atom. The average Bonchev–Trinajstić information content (AvgIpc) is 3.30. The number of carboxylic acids is 1. The van der Waals surface area contributed by atoms with Crippen LogP contribution < -0.4 is 14.8 Å². The molecule has 35 heavy (non-hydrogen) atoms. The lowest BCUT2D eigenvalue weighted by Crippen LogP contribution is -2.18. The molecule has 180 valence electrons. The summed E-state index contributed by atoms with van der Waals surface area (Å²) in [6.07, 6.45) is 7.41. The van der Waals surface area contributed by atoms with E-state index in [4.69, 9.17) is 14.5 Å². The van der Waals surface area contributed by atoms with Crippen LogP contribution in [0.2, 0.25) is 0 Å². The molecule has 1 unspecified atom stereocenters. The van der Waals surface area contributed by atoms with Gasteiger partial charge in [0.15, 0.2) is 0 Å². The molecule has 3 aromatic heterocycles. The molecule has 0 saturated heterocycles. The minimum absolute atomic E-state index is 0.195. The Kier molecular flexibility index (Phi) is 6.42. The Morgan fingerprint density at radius 3 is 2.97 bits per heavy atom. The Hall–Kier alpha value is -4.21. The summed E-state index contributed by atoms with van der Waals surface area (Å²) in [6.45, 7) is 1.46. The lowest BCUT2D eigenvalue weighted by atomic mass is 10.1. The Labute approximate surface area is 202 Å². The van der Waals surface area contributed by atoms with E-state index in [-0.39, 0.29) is 6.42 Å². The zero-order chi connectivity index (χ0) is 24.2. The van der Waals surface area contributed by atoms with Crippen molar-refractivity contribution in [2.75, 3.05) is 25.6 Å². The number of hydrogen-bond donors (Lipinski definition) is 2. The molecule has 0 aliphatic carbocycles. The molecule has 0 bridgehead atoms. The fourth-order valence-corrected chi connectivity index (χ4v) is 4.25. The second kappa shape index (κ2) is 9.96. The van der Waals surface area contributed by atoms with Gasteiger partial charge in [-0.1, -0.05) is 6.07 Å². The molecule has 4 aromatic rings. The summed E-state index contributed by atoms with van der Waals surface area (Å²) < 4.78 is 12.8. The molecule has 0 radical (unpaired) electrons. The van der Waals surface area contributed by atoms with E-state index in [9.17, 15) is 9.90 Å². The van der Waals surface area contributed by atoms with Gasteiger partial charge in [-0.3, -0.25) is 14.5 Å². The average molecular weight is 475 g/mol. The zero-order valence-corrected chi connectivity index (χ0v) is 19.3. The van der Waals surface area contributed by atoms with E-state index < -0.39 is 12.0 Å². The normalized spacial score (nSPS) is 13.6. The van der Waals surface area contributed by atoms with Gasteiger partial charge in [0.2, 0.25) is 5.88 Å². The number of methoxy groups -OCH3 is 1. The van der Waals surface area contributed by atoms with Gasteiger partial charge in [0.05, 0.1) is 49.9 Å². The third kappa shape index (κ3) is 5.01. The number of aryl methyl sites for hydroxylation is 1. The predicted molar refractivity (Wildman–Crippen MR) is 129 cm³/mol. The molecular formula is C25H26N6O4. The van der Waals surface area contributed by atoms with Crippen molar-refractivity contribution < 1.29 is 19.4 Å². The molecule has 10 nitrogen and oxygen atoms in total. The molecule has 2 N–H and O–H groups in total. The Bertz CT molecular complexity index is 1360. The highest BCUT2D eigenvalue weighted by molar-refractivity contribution is 5.80. The van der Waals surface area contributed by atoms with Gasteiger partial charge in [-0.2, -0.15) is 5.10 Å². The number of carbonyl (C=O) groups is 1. The van der Waals surface area contributed by atoms with Crippen molar-refractivity contribution in [2.45, 2.75) is 31.7 Å². The summed E-state index contributed by atoms with van der Waals surface area (Å²) in [5.41, 5.74) is 3.49. The molecule has 0 fully saturated rings. The number of rotatable bonds is 9. The van der Waals surface area contributed by atoms with E-state index in [0.717, 1.165) is 41.8 Å². The summed E-state index contributed by atoms with van der Waals surface area (Å²) in [5.74, 6) is 1.05. The van der Waals surface area contributed by atoms with E-state index >= 15 is 0 Å². The largest absolute Gasteiger partial charge is 0.493 e. The third-order valence-electron chi connectivity index (χ3n) is 5.99. The maximum atomic E-state index is 11.6. The van der Waals surface area contributed by atoms with E-state index in [1.807, 2.05) is 18.2 Å². The second-order valence-electron chi connectivity index (χ2n) is 8.35. The van der Waals surface area contributed by atoms with Crippen molar-refractivity contribution in [3.05, 3.63) is 65.9 Å². The summed E-state index contributed by atoms with van der Waals surface area (Å²) in [5, 5.41) is 18.2. The summed E-state index contributed by atoms with van der Waals surface area (Å²) >= 11 is 0. The highest BCUT2D eigenvalue weighted by Crippen LogP contribution is 2.28. The van der Waals surface area contributed by atoms with Gasteiger partial charge in [-0.15, -0.1) is 0 Å². The van der Waals surface area contributed by atoms with Gasteiger partial charge in [-0.05, 0) is 42.7 Å². The number of carboxylic acid groups (broad SMARTS) is 1. The van der Waals surface area contributed by atoms with Crippen LogP contribution in [0.3, 0.4) is 0 Å². The first-order valence-electron chi connectivity index (χ1n) is 11.5. The number of aliphatic carboxylic acids is 1. The minimum Gasteiger partial charge on any atom is -0.493 e. The van der Waals surface area contributed by atoms with Crippen LogP contribution in [-0.2, 0) is 17.6 Å². The molecule has 1 aliphatic heterocycles. The van der Waals surface area contributed by atoms with Crippen LogP contribution in [-0.4, -0.2) is 56.1 Å². The number of nitrogens with one attached hydrogen (secondary N) is 1. The van der Waals surface area contributed by atoms with Crippen LogP contribution in [0.4, 0.5) is 5.82 Å². The standard InChI is InChI=1S/C25H26N6O4/c1-34-23-15-26-14-20(30-23)22(12-24(32)33)31-21-7-6-19(11-17(21)13-28-31)35-10-8-18-5-4-16-3-2-9-27-25(16)29-18/h4-7,11,13-15,22H,2-3,8-10,12H2,1H3,(H,27,29)(H,32,33). The van der Waals surface area contributed by atoms with Crippen molar-refractivity contribution in [3.8, 4) is 11.6 Å². The number of anilines is 1. The van der Waals surface area contributed by atoms with E-state index in [1.54, 1.807) is 10.9 Å². The third-order valence-corrected chi connectivity index (χ3v) is 5.99. The number of nitrogens with zero attached hydrogens (tertiary/aromatic N) is 5. The molecule has 1 aliphatic rings. The van der Waals surface area contributed by atoms with Crippen LogP contribution in [0.15, 0.2) is 48.9 Å². The van der Waals surface area contributed by atoms with Gasteiger partial charge in [0.1, 0.15) is 17.6 Å². The number of pyridine rings is 1. The zero-order valence-electron chi connectivity index (χ0n) is 19.3. The van der Waals surface area contributed by atoms with Gasteiger partial charge in [-0.25, -0.2) is 9.97 Å². The van der Waals surface area contributed by atoms with Gasteiger partial charge in [0, 0.05) is 24.0 Å². The van der Waals surface area contributed by atoms with E-state index in [2.05, 4.69) is 32.5 Å². The lowest BCUT2D eigenvalue weighted by molar-refractivity contribution is -0.137. The van der Waals surface area contributed by atoms with E-state index in [1.165, 1.54) is 25.1 Å². The molecule has 0 saturated carbocycles. The van der Waals surface area contributed by atoms with Crippen molar-refractivity contribution in [1.82, 2.24) is 24.7 Å². The number of aromatic nitrogens is 5. The maximum absolute atomic E-state index is 11.6. The number of fused-ring (bicyclic) bond motifs is 2. The van der Waals surface area contributed by atoms with Crippen molar-refractivity contribution in [3.63, 3.8) is 0 Å². The fourth-order valence-electron chi connectivity index (χ4n) is 4.25. The van der Waals surface area contributed by atoms with Crippen LogP contribution in [0.25, 0.3) is 10.9 Å². The summed E-state index contributed by atoms with van der Waals surface area (Å²) in [7, 11) is 1.49. The molecule has 5 rings (SSSR count). The highest BCUT2D eigenvalue weighted by Gasteiger charge is 2.23. The van der Waals surface area contributed by atoms with Crippen LogP contribution in [0, 0.1) is 0 Å².